The van der Waals surface area contributed by atoms with Crippen molar-refractivity contribution in [1.82, 2.24) is 0 Å². The quantitative estimate of drug-likeness (QED) is 0.0447. The van der Waals surface area contributed by atoms with Crippen molar-refractivity contribution in [2.45, 2.75) is 20.8 Å². The summed E-state index contributed by atoms with van der Waals surface area (Å²) in [6, 6.07) is 12.3. The van der Waals surface area contributed by atoms with Crippen molar-refractivity contribution < 1.29 is 86.1 Å². The number of phenolic OH excluding ortho intramolecular Hbond substituents is 16. The Kier molecular flexibility index (Phi) is 7.61. The van der Waals surface area contributed by atoms with Gasteiger partial charge in [-0.1, -0.05) is 36.4 Å². The van der Waals surface area contributed by atoms with Gasteiger partial charge < -0.3 is 86.1 Å². The molecular formula is C47H32O17. The smallest absolute Gasteiger partial charge is 0.205 e. The predicted molar refractivity (Wildman–Crippen MR) is 232 cm³/mol. The lowest BCUT2D eigenvalue weighted by Crippen LogP contribution is -1.98. The van der Waals surface area contributed by atoms with Crippen molar-refractivity contribution in [3.63, 3.8) is 0 Å². The number of hydrogen-bond acceptors (Lipinski definition) is 17. The molecule has 10 aromatic rings. The summed E-state index contributed by atoms with van der Waals surface area (Å²) in [5.41, 5.74) is -3.08. The lowest BCUT2D eigenvalue weighted by Gasteiger charge is -2.26. The summed E-state index contributed by atoms with van der Waals surface area (Å²) in [6.07, 6.45) is 0. The summed E-state index contributed by atoms with van der Waals surface area (Å²) in [6.45, 7) is 3.77. The second kappa shape index (κ2) is 12.5. The molecule has 0 bridgehead atoms. The van der Waals surface area contributed by atoms with Crippen LogP contribution in [-0.2, 0) is 0 Å². The topological polar surface area (TPSA) is 337 Å². The van der Waals surface area contributed by atoms with Gasteiger partial charge in [0.15, 0.2) is 69.0 Å². The monoisotopic (exact) mass is 868 g/mol. The molecule has 16 N–H and O–H groups in total. The molecule has 0 spiro atoms. The molecule has 1 heterocycles. The average Bonchev–Trinajstić information content (AvgIpc) is 3.66. The van der Waals surface area contributed by atoms with E-state index in [9.17, 15) is 81.7 Å². The Bertz CT molecular complexity index is 3790. The van der Waals surface area contributed by atoms with Gasteiger partial charge in [0.05, 0.1) is 21.9 Å². The number of para-hydroxylation sites is 2. The summed E-state index contributed by atoms with van der Waals surface area (Å²) in [7, 11) is 0. The van der Waals surface area contributed by atoms with Gasteiger partial charge in [0, 0.05) is 82.0 Å². The van der Waals surface area contributed by atoms with Crippen LogP contribution in [0.1, 0.15) is 16.7 Å². The number of furan rings is 1. The first-order chi connectivity index (χ1) is 30.3. The van der Waals surface area contributed by atoms with E-state index in [0.29, 0.717) is 22.1 Å². The molecule has 17 nitrogen and oxygen atoms in total. The molecule has 0 amide bonds. The molecule has 17 heteroatoms. The Balaban J connectivity index is 1.38. The van der Waals surface area contributed by atoms with E-state index in [4.69, 9.17) is 4.42 Å². The molecule has 0 aliphatic rings. The Hall–Kier alpha value is -9.12. The fourth-order valence-electron chi connectivity index (χ4n) is 9.48. The molecular weight excluding hydrogens is 836 g/mol. The zero-order valence-electron chi connectivity index (χ0n) is 33.1. The summed E-state index contributed by atoms with van der Waals surface area (Å²) in [5, 5.41) is 180. The van der Waals surface area contributed by atoms with Crippen LogP contribution in [-0.4, -0.2) is 81.7 Å². The highest BCUT2D eigenvalue weighted by molar-refractivity contribution is 6.37. The van der Waals surface area contributed by atoms with Crippen LogP contribution in [0.25, 0.3) is 98.4 Å². The van der Waals surface area contributed by atoms with Crippen LogP contribution in [0.3, 0.4) is 0 Å². The number of hydrogen-bond donors (Lipinski definition) is 16. The minimum atomic E-state index is -1.39. The van der Waals surface area contributed by atoms with Crippen LogP contribution in [0, 0.1) is 20.8 Å². The third-order valence-corrected chi connectivity index (χ3v) is 12.5. The summed E-state index contributed by atoms with van der Waals surface area (Å²) in [4.78, 5) is 0. The van der Waals surface area contributed by atoms with Gasteiger partial charge in [0.25, 0.3) is 0 Å². The van der Waals surface area contributed by atoms with Crippen LogP contribution in [0.2, 0.25) is 0 Å². The summed E-state index contributed by atoms with van der Waals surface area (Å²) in [5.74, 6) is -18.3. The number of aromatic hydroxyl groups is 16. The maximum absolute atomic E-state index is 12.2. The van der Waals surface area contributed by atoms with Gasteiger partial charge >= 0.3 is 0 Å². The lowest BCUT2D eigenvalue weighted by atomic mass is 9.80. The molecule has 9 aromatic carbocycles. The van der Waals surface area contributed by atoms with E-state index in [0.717, 1.165) is 12.3 Å². The minimum absolute atomic E-state index is 0.0507. The molecule has 64 heavy (non-hydrogen) atoms. The largest absolute Gasteiger partial charge is 0.507 e. The highest BCUT2D eigenvalue weighted by Crippen LogP contribution is 2.67. The molecule has 0 aliphatic heterocycles. The summed E-state index contributed by atoms with van der Waals surface area (Å²) < 4.78 is 6.28. The van der Waals surface area contributed by atoms with E-state index < -0.39 is 141 Å². The minimum Gasteiger partial charge on any atom is -0.507 e. The Morgan fingerprint density at radius 1 is 0.281 bits per heavy atom. The Labute approximate surface area is 355 Å². The zero-order valence-corrected chi connectivity index (χ0v) is 33.1. The fraction of sp³-hybridized carbons (Fsp3) is 0.0638. The molecule has 322 valence electrons. The van der Waals surface area contributed by atoms with Gasteiger partial charge in [-0.2, -0.15) is 0 Å². The van der Waals surface area contributed by atoms with Crippen molar-refractivity contribution in [3.05, 3.63) is 59.2 Å². The van der Waals surface area contributed by atoms with E-state index in [2.05, 4.69) is 0 Å². The molecule has 0 radical (unpaired) electrons. The Morgan fingerprint density at radius 3 is 1.33 bits per heavy atom. The van der Waals surface area contributed by atoms with Gasteiger partial charge in [-0.15, -0.1) is 0 Å². The fourth-order valence-corrected chi connectivity index (χ4v) is 9.48. The van der Waals surface area contributed by atoms with E-state index in [1.54, 1.807) is 30.3 Å². The number of rotatable bonds is 3. The van der Waals surface area contributed by atoms with Crippen molar-refractivity contribution in [1.29, 1.82) is 0 Å². The molecule has 0 fully saturated rings. The second-order valence-electron chi connectivity index (χ2n) is 15.6. The van der Waals surface area contributed by atoms with Crippen molar-refractivity contribution in [2.75, 3.05) is 0 Å². The highest BCUT2D eigenvalue weighted by atomic mass is 16.4. The predicted octanol–water partition coefficient (Wildman–Crippen LogP) is 8.85. The third-order valence-electron chi connectivity index (χ3n) is 12.5. The lowest BCUT2D eigenvalue weighted by molar-refractivity contribution is 0.349. The van der Waals surface area contributed by atoms with E-state index in [1.165, 1.54) is 13.8 Å². The summed E-state index contributed by atoms with van der Waals surface area (Å²) >= 11 is 0. The molecule has 10 rings (SSSR count). The third kappa shape index (κ3) is 4.40. The van der Waals surface area contributed by atoms with E-state index in [1.807, 2.05) is 12.1 Å². The van der Waals surface area contributed by atoms with Crippen molar-refractivity contribution in [3.8, 4) is 125 Å². The van der Waals surface area contributed by atoms with Gasteiger partial charge in [0.2, 0.25) is 11.5 Å². The standard InChI is InChI=1S/C47H32O17/c1-11-18(16-9-6-8-15-14-7-4-5-10-17(14)64-47(15)16)23-22-21-20(34(51)41(58)28(22)32(11)49)13(3)31(48)26(25(21)36(53)35(23)52)30-42(59)39(56)27(40(57)43(30)60)19-12(2)33(50)38(55)29-24(19)37(54)45(62)46(63)44(29)61/h4-10,48-63H,1-3H3. The van der Waals surface area contributed by atoms with E-state index in [-0.39, 0.29) is 38.2 Å². The highest BCUT2D eigenvalue weighted by Gasteiger charge is 2.38. The molecule has 1 aromatic heterocycles. The first-order valence-electron chi connectivity index (χ1n) is 19.1. The van der Waals surface area contributed by atoms with Crippen LogP contribution < -0.4 is 0 Å². The van der Waals surface area contributed by atoms with Crippen molar-refractivity contribution >= 4 is 65.0 Å². The normalized spacial score (nSPS) is 12.0. The maximum Gasteiger partial charge on any atom is 0.205 e. The van der Waals surface area contributed by atoms with E-state index >= 15 is 0 Å². The van der Waals surface area contributed by atoms with Crippen LogP contribution >= 0.6 is 0 Å². The average molecular weight is 869 g/mol. The van der Waals surface area contributed by atoms with Crippen LogP contribution in [0.4, 0.5) is 0 Å². The first-order valence-corrected chi connectivity index (χ1v) is 19.1. The van der Waals surface area contributed by atoms with Gasteiger partial charge in [-0.3, -0.25) is 0 Å². The van der Waals surface area contributed by atoms with Crippen LogP contribution in [0.5, 0.6) is 92.0 Å². The van der Waals surface area contributed by atoms with Gasteiger partial charge in [0.1, 0.15) is 22.7 Å². The SMILES string of the molecule is Cc1c(O)c(O)c2c(O)c(O)c(O)c(O)c2c1-c1c(O)c(O)c(-c2c(O)c(C)c3c(O)c(O)c4c(O)c(C)c(-c5cccc6c5oc5ccccc56)c5c(O)c(O)c2c3c45)c(O)c1O. The number of aryl methyl sites for hydroxylation is 1. The van der Waals surface area contributed by atoms with Crippen LogP contribution in [0.15, 0.2) is 46.9 Å². The molecule has 0 aliphatic carbocycles. The van der Waals surface area contributed by atoms with Gasteiger partial charge in [-0.25, -0.2) is 0 Å². The molecule has 0 atom stereocenters. The van der Waals surface area contributed by atoms with Gasteiger partial charge in [-0.05, 0) is 26.8 Å². The zero-order chi connectivity index (χ0) is 46.0. The Morgan fingerprint density at radius 2 is 0.703 bits per heavy atom. The number of benzene rings is 9. The first kappa shape index (κ1) is 39.0. The molecule has 0 saturated carbocycles. The second-order valence-corrected chi connectivity index (χ2v) is 15.6. The number of phenols is 16. The molecule has 0 saturated heterocycles. The molecule has 0 unspecified atom stereocenters. The number of fused-ring (bicyclic) bond motifs is 4. The maximum atomic E-state index is 12.2. The van der Waals surface area contributed by atoms with Crippen molar-refractivity contribution in [2.24, 2.45) is 0 Å².